The zero-order chi connectivity index (χ0) is 17.7. The van der Waals surface area contributed by atoms with Crippen LogP contribution < -0.4 is 20.3 Å². The number of ether oxygens (including phenoxy) is 2. The van der Waals surface area contributed by atoms with Crippen molar-refractivity contribution in [2.24, 2.45) is 0 Å². The van der Waals surface area contributed by atoms with Gasteiger partial charge in [0.2, 0.25) is 5.91 Å². The van der Waals surface area contributed by atoms with E-state index in [1.807, 2.05) is 0 Å². The van der Waals surface area contributed by atoms with E-state index in [0.29, 0.717) is 32.9 Å². The van der Waals surface area contributed by atoms with Crippen LogP contribution in [0.15, 0.2) is 33.4 Å². The van der Waals surface area contributed by atoms with Gasteiger partial charge in [0, 0.05) is 4.47 Å². The van der Waals surface area contributed by atoms with Crippen LogP contribution in [0, 0.1) is 6.92 Å². The summed E-state index contributed by atoms with van der Waals surface area (Å²) in [6, 6.07) is 4.95. The Morgan fingerprint density at radius 2 is 1.83 bits per heavy atom. The minimum absolute atomic E-state index is 0.0472. The van der Waals surface area contributed by atoms with Crippen molar-refractivity contribution in [3.8, 4) is 11.5 Å². The Bertz CT molecular complexity index is 757. The first-order valence-electron chi connectivity index (χ1n) is 7.00. The number of hydrogen-bond donors (Lipinski definition) is 2. The number of hydrazine groups is 1. The number of nitrogens with one attached hydrogen (secondary N) is 2. The molecule has 0 saturated heterocycles. The molecule has 24 heavy (non-hydrogen) atoms. The summed E-state index contributed by atoms with van der Waals surface area (Å²) in [7, 11) is 3.05. The molecule has 0 atom stereocenters. The molecule has 2 N–H and O–H groups in total. The van der Waals surface area contributed by atoms with Gasteiger partial charge < -0.3 is 13.9 Å². The van der Waals surface area contributed by atoms with E-state index in [0.717, 1.165) is 0 Å². The van der Waals surface area contributed by atoms with Gasteiger partial charge in [0.1, 0.15) is 5.76 Å². The van der Waals surface area contributed by atoms with Crippen LogP contribution in [0.5, 0.6) is 11.5 Å². The lowest BCUT2D eigenvalue weighted by Gasteiger charge is -2.12. The van der Waals surface area contributed by atoms with Crippen molar-refractivity contribution in [3.63, 3.8) is 0 Å². The molecule has 1 aromatic heterocycles. The van der Waals surface area contributed by atoms with Gasteiger partial charge >= 0.3 is 0 Å². The number of carbonyl (C=O) groups excluding carboxylic acids is 2. The van der Waals surface area contributed by atoms with Gasteiger partial charge in [-0.1, -0.05) is 15.9 Å². The zero-order valence-electron chi connectivity index (χ0n) is 13.4. The van der Waals surface area contributed by atoms with Gasteiger partial charge in [-0.05, 0) is 30.7 Å². The van der Waals surface area contributed by atoms with Crippen molar-refractivity contribution in [3.05, 3.63) is 45.8 Å². The number of carbonyl (C=O) groups is 2. The molecular weight excluding hydrogens is 380 g/mol. The standard InChI is InChI=1S/C16H17BrN2O5/c1-9-11(4-5-24-9)16(21)19-18-15(20)7-10-6-13(22-2)14(23-3)8-12(10)17/h4-6,8H,7H2,1-3H3,(H,18,20)(H,19,21). The number of hydrogen-bond acceptors (Lipinski definition) is 5. The van der Waals surface area contributed by atoms with Crippen LogP contribution in [0.3, 0.4) is 0 Å². The largest absolute Gasteiger partial charge is 0.493 e. The molecule has 0 saturated carbocycles. The van der Waals surface area contributed by atoms with Crippen LogP contribution in [0.4, 0.5) is 0 Å². The van der Waals surface area contributed by atoms with Gasteiger partial charge in [0.25, 0.3) is 5.91 Å². The average Bonchev–Trinajstić information content (AvgIpc) is 3.00. The minimum Gasteiger partial charge on any atom is -0.493 e. The first kappa shape index (κ1) is 17.9. The summed E-state index contributed by atoms with van der Waals surface area (Å²) in [6.45, 7) is 1.66. The van der Waals surface area contributed by atoms with Gasteiger partial charge in [-0.2, -0.15) is 0 Å². The Morgan fingerprint density at radius 1 is 1.17 bits per heavy atom. The number of benzene rings is 1. The van der Waals surface area contributed by atoms with Crippen LogP contribution in [0.1, 0.15) is 21.7 Å². The molecule has 2 aromatic rings. The zero-order valence-corrected chi connectivity index (χ0v) is 15.0. The molecule has 2 rings (SSSR count). The van der Waals surface area contributed by atoms with E-state index in [9.17, 15) is 9.59 Å². The first-order valence-corrected chi connectivity index (χ1v) is 7.79. The van der Waals surface area contributed by atoms with Gasteiger partial charge in [-0.15, -0.1) is 0 Å². The third kappa shape index (κ3) is 4.08. The molecule has 0 spiro atoms. The van der Waals surface area contributed by atoms with E-state index < -0.39 is 5.91 Å². The maximum absolute atomic E-state index is 12.0. The molecule has 0 unspecified atom stereocenters. The molecule has 0 aliphatic heterocycles. The molecule has 0 aliphatic carbocycles. The smallest absolute Gasteiger partial charge is 0.273 e. The van der Waals surface area contributed by atoms with Crippen LogP contribution in [0.25, 0.3) is 0 Å². The minimum atomic E-state index is -0.444. The molecule has 1 aromatic carbocycles. The second-order valence-electron chi connectivity index (χ2n) is 4.87. The molecule has 128 valence electrons. The van der Waals surface area contributed by atoms with Gasteiger partial charge in [0.15, 0.2) is 11.5 Å². The van der Waals surface area contributed by atoms with Crippen LogP contribution in [0.2, 0.25) is 0 Å². The Kier molecular flexibility index (Phi) is 5.86. The van der Waals surface area contributed by atoms with E-state index in [1.165, 1.54) is 26.5 Å². The average molecular weight is 397 g/mol. The van der Waals surface area contributed by atoms with E-state index in [2.05, 4.69) is 26.8 Å². The summed E-state index contributed by atoms with van der Waals surface area (Å²) in [6.07, 6.45) is 1.46. The maximum Gasteiger partial charge on any atom is 0.273 e. The van der Waals surface area contributed by atoms with Crippen molar-refractivity contribution in [1.82, 2.24) is 10.9 Å². The van der Waals surface area contributed by atoms with Gasteiger partial charge in [-0.3, -0.25) is 20.4 Å². The quantitative estimate of drug-likeness (QED) is 0.757. The number of methoxy groups -OCH3 is 2. The normalized spacial score (nSPS) is 10.2. The summed E-state index contributed by atoms with van der Waals surface area (Å²) < 4.78 is 16.2. The summed E-state index contributed by atoms with van der Waals surface area (Å²) in [5.74, 6) is 0.724. The molecule has 0 bridgehead atoms. The third-order valence-corrected chi connectivity index (χ3v) is 4.06. The number of rotatable bonds is 5. The fourth-order valence-corrected chi connectivity index (χ4v) is 2.53. The lowest BCUT2D eigenvalue weighted by atomic mass is 10.1. The summed E-state index contributed by atoms with van der Waals surface area (Å²) in [5, 5.41) is 0. The number of amides is 2. The Hall–Kier alpha value is -2.48. The highest BCUT2D eigenvalue weighted by molar-refractivity contribution is 9.10. The topological polar surface area (TPSA) is 89.8 Å². The fraction of sp³-hybridized carbons (Fsp3) is 0.250. The Balaban J connectivity index is 2.00. The first-order chi connectivity index (χ1) is 11.5. The monoisotopic (exact) mass is 396 g/mol. The molecule has 0 radical (unpaired) electrons. The van der Waals surface area contributed by atoms with Crippen molar-refractivity contribution < 1.29 is 23.5 Å². The van der Waals surface area contributed by atoms with Crippen molar-refractivity contribution in [2.45, 2.75) is 13.3 Å². The number of halogens is 1. The van der Waals surface area contributed by atoms with Crippen molar-refractivity contribution in [2.75, 3.05) is 14.2 Å². The van der Waals surface area contributed by atoms with Crippen molar-refractivity contribution in [1.29, 1.82) is 0 Å². The lowest BCUT2D eigenvalue weighted by molar-refractivity contribution is -0.121. The Labute approximate surface area is 147 Å². The summed E-state index contributed by atoms with van der Waals surface area (Å²) >= 11 is 3.39. The molecule has 1 heterocycles. The lowest BCUT2D eigenvalue weighted by Crippen LogP contribution is -2.42. The highest BCUT2D eigenvalue weighted by atomic mass is 79.9. The van der Waals surface area contributed by atoms with Gasteiger partial charge in [-0.25, -0.2) is 0 Å². The second-order valence-corrected chi connectivity index (χ2v) is 5.72. The fourth-order valence-electron chi connectivity index (χ4n) is 2.06. The third-order valence-electron chi connectivity index (χ3n) is 3.32. The number of furan rings is 1. The molecule has 0 aliphatic rings. The summed E-state index contributed by atoms with van der Waals surface area (Å²) in [5.41, 5.74) is 5.77. The highest BCUT2D eigenvalue weighted by Crippen LogP contribution is 2.33. The molecule has 7 nitrogen and oxygen atoms in total. The van der Waals surface area contributed by atoms with E-state index in [4.69, 9.17) is 13.9 Å². The second kappa shape index (κ2) is 7.87. The predicted molar refractivity (Wildman–Crippen MR) is 90.0 cm³/mol. The van der Waals surface area contributed by atoms with E-state index in [-0.39, 0.29) is 12.3 Å². The number of aryl methyl sites for hydroxylation is 1. The SMILES string of the molecule is COc1cc(Br)c(CC(=O)NNC(=O)c2ccoc2C)cc1OC. The highest BCUT2D eigenvalue weighted by Gasteiger charge is 2.15. The molecule has 2 amide bonds. The molecule has 8 heteroatoms. The van der Waals surface area contributed by atoms with Crippen LogP contribution in [-0.2, 0) is 11.2 Å². The summed E-state index contributed by atoms with van der Waals surface area (Å²) in [4.78, 5) is 23.9. The van der Waals surface area contributed by atoms with Gasteiger partial charge in [0.05, 0.1) is 32.5 Å². The Morgan fingerprint density at radius 3 is 2.42 bits per heavy atom. The van der Waals surface area contributed by atoms with E-state index >= 15 is 0 Å². The van der Waals surface area contributed by atoms with Crippen LogP contribution >= 0.6 is 15.9 Å². The molecular formula is C16H17BrN2O5. The predicted octanol–water partition coefficient (Wildman–Crippen LogP) is 2.37. The van der Waals surface area contributed by atoms with E-state index in [1.54, 1.807) is 19.1 Å². The van der Waals surface area contributed by atoms with Crippen molar-refractivity contribution >= 4 is 27.7 Å². The molecule has 0 fully saturated rings. The maximum atomic E-state index is 12.0. The van der Waals surface area contributed by atoms with Crippen LogP contribution in [-0.4, -0.2) is 26.0 Å².